The molecule has 2 N–H and O–H groups in total. The number of nitrogens with zero attached hydrogens (tertiary/aromatic N) is 1. The molecular weight excluding hydrogens is 462 g/mol. The zero-order valence-electron chi connectivity index (χ0n) is 19.4. The maximum atomic E-state index is 13.1. The predicted molar refractivity (Wildman–Crippen MR) is 135 cm³/mol. The minimum Gasteiger partial charge on any atom is -0.352 e. The second-order valence-corrected chi connectivity index (χ2v) is 10.5. The van der Waals surface area contributed by atoms with E-state index in [1.165, 1.54) is 4.31 Å². The Morgan fingerprint density at radius 1 is 0.886 bits per heavy atom. The van der Waals surface area contributed by atoms with Gasteiger partial charge < -0.3 is 10.6 Å². The van der Waals surface area contributed by atoms with Crippen LogP contribution in [0.4, 0.5) is 5.69 Å². The fourth-order valence-corrected chi connectivity index (χ4v) is 5.75. The van der Waals surface area contributed by atoms with E-state index in [0.29, 0.717) is 43.6 Å². The molecule has 0 spiro atoms. The molecule has 182 valence electrons. The minimum atomic E-state index is -3.67. The van der Waals surface area contributed by atoms with Crippen LogP contribution in [0, 0.1) is 5.92 Å². The zero-order valence-corrected chi connectivity index (χ0v) is 20.2. The maximum absolute atomic E-state index is 13.1. The van der Waals surface area contributed by atoms with Crippen molar-refractivity contribution in [1.82, 2.24) is 9.62 Å². The Bertz CT molecular complexity index is 1260. The van der Waals surface area contributed by atoms with Crippen LogP contribution in [0.5, 0.6) is 0 Å². The van der Waals surface area contributed by atoms with Crippen molar-refractivity contribution in [1.29, 1.82) is 0 Å². The second-order valence-electron chi connectivity index (χ2n) is 8.54. The molecule has 0 aliphatic carbocycles. The average molecular weight is 492 g/mol. The predicted octanol–water partition coefficient (Wildman–Crippen LogP) is 3.70. The molecule has 8 heteroatoms. The van der Waals surface area contributed by atoms with E-state index in [1.54, 1.807) is 54.6 Å². The van der Waals surface area contributed by atoms with Gasteiger partial charge in [-0.1, -0.05) is 60.7 Å². The molecule has 1 saturated heterocycles. The second kappa shape index (κ2) is 11.3. The molecule has 4 rings (SSSR count). The van der Waals surface area contributed by atoms with Gasteiger partial charge in [0.1, 0.15) is 0 Å². The molecule has 0 radical (unpaired) electrons. The monoisotopic (exact) mass is 491 g/mol. The lowest BCUT2D eigenvalue weighted by atomic mass is 9.98. The fraction of sp³-hybridized carbons (Fsp3) is 0.259. The number of hydrogen-bond donors (Lipinski definition) is 2. The SMILES string of the molecule is O=C(NCCc1ccccc1)c1ccccc1NC(=O)[C@H]1CCCN(S(=O)(=O)c2ccccc2)C1. The van der Waals surface area contributed by atoms with Gasteiger partial charge in [-0.2, -0.15) is 4.31 Å². The summed E-state index contributed by atoms with van der Waals surface area (Å²) in [6.45, 7) is 0.954. The maximum Gasteiger partial charge on any atom is 0.253 e. The van der Waals surface area contributed by atoms with Gasteiger partial charge in [0.15, 0.2) is 0 Å². The molecule has 0 aromatic heterocycles. The summed E-state index contributed by atoms with van der Waals surface area (Å²) in [5, 5.41) is 5.77. The van der Waals surface area contributed by atoms with Gasteiger partial charge in [0.25, 0.3) is 5.91 Å². The van der Waals surface area contributed by atoms with E-state index in [1.807, 2.05) is 30.3 Å². The van der Waals surface area contributed by atoms with Crippen LogP contribution in [0.2, 0.25) is 0 Å². The smallest absolute Gasteiger partial charge is 0.253 e. The largest absolute Gasteiger partial charge is 0.352 e. The van der Waals surface area contributed by atoms with Crippen LogP contribution in [-0.4, -0.2) is 44.2 Å². The van der Waals surface area contributed by atoms with Crippen LogP contribution >= 0.6 is 0 Å². The van der Waals surface area contributed by atoms with Crippen molar-refractivity contribution in [2.75, 3.05) is 25.0 Å². The lowest BCUT2D eigenvalue weighted by Gasteiger charge is -2.31. The van der Waals surface area contributed by atoms with Crippen LogP contribution in [0.15, 0.2) is 89.8 Å². The number of piperidine rings is 1. The highest BCUT2D eigenvalue weighted by molar-refractivity contribution is 7.89. The average Bonchev–Trinajstić information content (AvgIpc) is 2.90. The lowest BCUT2D eigenvalue weighted by Crippen LogP contribution is -2.43. The first-order chi connectivity index (χ1) is 16.9. The summed E-state index contributed by atoms with van der Waals surface area (Å²) in [5.74, 6) is -1.06. The quantitative estimate of drug-likeness (QED) is 0.502. The third kappa shape index (κ3) is 6.15. The molecule has 3 aromatic carbocycles. The van der Waals surface area contributed by atoms with Crippen molar-refractivity contribution in [2.24, 2.45) is 5.92 Å². The number of sulfonamides is 1. The minimum absolute atomic E-state index is 0.106. The molecule has 1 fully saturated rings. The molecule has 2 amide bonds. The van der Waals surface area contributed by atoms with Gasteiger partial charge in [-0.05, 0) is 49.1 Å². The summed E-state index contributed by atoms with van der Waals surface area (Å²) in [6.07, 6.45) is 1.87. The number of hydrogen-bond acceptors (Lipinski definition) is 4. The molecular formula is C27H29N3O4S. The summed E-state index contributed by atoms with van der Waals surface area (Å²) in [6, 6.07) is 25.0. The lowest BCUT2D eigenvalue weighted by molar-refractivity contribution is -0.120. The number of nitrogens with one attached hydrogen (secondary N) is 2. The van der Waals surface area contributed by atoms with Crippen molar-refractivity contribution >= 4 is 27.5 Å². The highest BCUT2D eigenvalue weighted by atomic mass is 32.2. The number of amides is 2. The summed E-state index contributed by atoms with van der Waals surface area (Å²) in [4.78, 5) is 26.1. The molecule has 1 aliphatic rings. The van der Waals surface area contributed by atoms with E-state index in [2.05, 4.69) is 10.6 Å². The first kappa shape index (κ1) is 24.6. The zero-order chi connectivity index (χ0) is 24.7. The van der Waals surface area contributed by atoms with Crippen LogP contribution in [0.25, 0.3) is 0 Å². The van der Waals surface area contributed by atoms with E-state index >= 15 is 0 Å². The Labute approximate surface area is 206 Å². The van der Waals surface area contributed by atoms with Crippen LogP contribution < -0.4 is 10.6 Å². The summed E-state index contributed by atoms with van der Waals surface area (Å²) in [7, 11) is -3.67. The van der Waals surface area contributed by atoms with Gasteiger partial charge >= 0.3 is 0 Å². The van der Waals surface area contributed by atoms with Crippen LogP contribution in [0.1, 0.15) is 28.8 Å². The molecule has 0 unspecified atom stereocenters. The van der Waals surface area contributed by atoms with E-state index in [-0.39, 0.29) is 23.3 Å². The summed E-state index contributed by atoms with van der Waals surface area (Å²) >= 11 is 0. The Hall–Kier alpha value is -3.49. The van der Waals surface area contributed by atoms with Crippen molar-refractivity contribution in [3.8, 4) is 0 Å². The first-order valence-corrected chi connectivity index (χ1v) is 13.2. The van der Waals surface area contributed by atoms with Crippen molar-refractivity contribution in [2.45, 2.75) is 24.2 Å². The number of carbonyl (C=O) groups excluding carboxylic acids is 2. The number of para-hydroxylation sites is 1. The summed E-state index contributed by atoms with van der Waals surface area (Å²) < 4.78 is 27.4. The van der Waals surface area contributed by atoms with Crippen molar-refractivity contribution in [3.63, 3.8) is 0 Å². The number of rotatable bonds is 8. The Kier molecular flexibility index (Phi) is 7.94. The normalized spacial score (nSPS) is 16.4. The van der Waals surface area contributed by atoms with Gasteiger partial charge in [-0.15, -0.1) is 0 Å². The van der Waals surface area contributed by atoms with Crippen LogP contribution in [-0.2, 0) is 21.2 Å². The number of benzene rings is 3. The molecule has 1 aliphatic heterocycles. The summed E-state index contributed by atoms with van der Waals surface area (Å²) in [5.41, 5.74) is 1.91. The van der Waals surface area contributed by atoms with Gasteiger partial charge in [-0.25, -0.2) is 8.42 Å². The fourth-order valence-electron chi connectivity index (χ4n) is 4.20. The van der Waals surface area contributed by atoms with Gasteiger partial charge in [0.05, 0.1) is 22.1 Å². The molecule has 1 heterocycles. The highest BCUT2D eigenvalue weighted by Crippen LogP contribution is 2.25. The van der Waals surface area contributed by atoms with Crippen molar-refractivity contribution in [3.05, 3.63) is 96.1 Å². The topological polar surface area (TPSA) is 95.6 Å². The highest BCUT2D eigenvalue weighted by Gasteiger charge is 2.33. The number of anilines is 1. The van der Waals surface area contributed by atoms with Crippen LogP contribution in [0.3, 0.4) is 0 Å². The van der Waals surface area contributed by atoms with E-state index in [9.17, 15) is 18.0 Å². The van der Waals surface area contributed by atoms with E-state index < -0.39 is 15.9 Å². The number of carbonyl (C=O) groups is 2. The third-order valence-corrected chi connectivity index (χ3v) is 7.99. The van der Waals surface area contributed by atoms with Gasteiger partial charge in [0, 0.05) is 19.6 Å². The van der Waals surface area contributed by atoms with Gasteiger partial charge in [0.2, 0.25) is 15.9 Å². The Morgan fingerprint density at radius 2 is 1.54 bits per heavy atom. The molecule has 35 heavy (non-hydrogen) atoms. The third-order valence-electron chi connectivity index (χ3n) is 6.11. The van der Waals surface area contributed by atoms with Gasteiger partial charge in [-0.3, -0.25) is 9.59 Å². The molecule has 7 nitrogen and oxygen atoms in total. The Balaban J connectivity index is 1.39. The first-order valence-electron chi connectivity index (χ1n) is 11.7. The molecule has 0 bridgehead atoms. The van der Waals surface area contributed by atoms with E-state index in [4.69, 9.17) is 0 Å². The molecule has 1 atom stereocenters. The molecule has 0 saturated carbocycles. The van der Waals surface area contributed by atoms with E-state index in [0.717, 1.165) is 5.56 Å². The molecule has 3 aromatic rings. The standard InChI is InChI=1S/C27H29N3O4S/c31-26(22-12-9-19-30(20-22)35(33,34)23-13-5-2-6-14-23)29-25-16-8-7-15-24(25)27(32)28-18-17-21-10-3-1-4-11-21/h1-8,10-11,13-16,22H,9,12,17-20H2,(H,28,32)(H,29,31)/t22-/m0/s1. The van der Waals surface area contributed by atoms with Crippen molar-refractivity contribution < 1.29 is 18.0 Å². The Morgan fingerprint density at radius 3 is 2.29 bits per heavy atom.